The van der Waals surface area contributed by atoms with Crippen LogP contribution in [-0.4, -0.2) is 35.9 Å². The minimum Gasteiger partial charge on any atom is -0.465 e. The van der Waals surface area contributed by atoms with Gasteiger partial charge in [-0.05, 0) is 69.0 Å². The normalized spacial score (nSPS) is 22.2. The van der Waals surface area contributed by atoms with E-state index in [1.165, 1.54) is 18.4 Å². The highest BCUT2D eigenvalue weighted by Gasteiger charge is 2.30. The molecular formula is C24H34ClN3O2S. The van der Waals surface area contributed by atoms with Crippen molar-refractivity contribution < 1.29 is 9.53 Å². The maximum atomic E-state index is 12.2. The van der Waals surface area contributed by atoms with Crippen LogP contribution >= 0.6 is 23.7 Å². The SMILES string of the molecule is CC(C)COC(=O)[C@H]1CC[C@H](c2nnc(-c3ccc(C4CCNCC4)cc3)s2)CC1.Cl. The van der Waals surface area contributed by atoms with Crippen LogP contribution in [0.5, 0.6) is 0 Å². The molecule has 0 bridgehead atoms. The Morgan fingerprint density at radius 1 is 1.03 bits per heavy atom. The Kier molecular flexibility index (Phi) is 8.87. The summed E-state index contributed by atoms with van der Waals surface area (Å²) in [7, 11) is 0. The molecule has 5 nitrogen and oxygen atoms in total. The maximum absolute atomic E-state index is 12.2. The standard InChI is InChI=1S/C24H33N3O2S.ClH/c1-16(2)15-29-24(28)21-9-7-20(8-10-21)23-27-26-22(30-23)19-5-3-17(4-6-19)18-11-13-25-14-12-18;/h3-6,16,18,20-21,25H,7-15H2,1-2H3;1H/t20-,21-;. The van der Waals surface area contributed by atoms with Crippen LogP contribution in [0.4, 0.5) is 0 Å². The fourth-order valence-corrected chi connectivity index (χ4v) is 5.53. The van der Waals surface area contributed by atoms with Gasteiger partial charge in [0.05, 0.1) is 12.5 Å². The number of nitrogens with one attached hydrogen (secondary N) is 1. The molecule has 2 aliphatic rings. The maximum Gasteiger partial charge on any atom is 0.308 e. The van der Waals surface area contributed by atoms with Crippen LogP contribution in [0.2, 0.25) is 0 Å². The quantitative estimate of drug-likeness (QED) is 0.567. The summed E-state index contributed by atoms with van der Waals surface area (Å²) in [6, 6.07) is 8.92. The number of rotatable bonds is 6. The van der Waals surface area contributed by atoms with Gasteiger partial charge in [-0.2, -0.15) is 0 Å². The molecule has 1 aromatic carbocycles. The first-order chi connectivity index (χ1) is 14.6. The first kappa shape index (κ1) is 24.1. The molecule has 1 aromatic heterocycles. The molecule has 1 N–H and O–H groups in total. The van der Waals surface area contributed by atoms with Crippen LogP contribution in [0.3, 0.4) is 0 Å². The van der Waals surface area contributed by atoms with E-state index in [2.05, 4.69) is 53.6 Å². The second-order valence-electron chi connectivity index (χ2n) is 9.16. The minimum absolute atomic E-state index is 0. The van der Waals surface area contributed by atoms with Gasteiger partial charge in [-0.1, -0.05) is 49.4 Å². The van der Waals surface area contributed by atoms with E-state index in [-0.39, 0.29) is 24.3 Å². The molecule has 31 heavy (non-hydrogen) atoms. The number of hydrogen-bond acceptors (Lipinski definition) is 6. The van der Waals surface area contributed by atoms with Gasteiger partial charge in [0, 0.05) is 11.5 Å². The summed E-state index contributed by atoms with van der Waals surface area (Å²) in [6.07, 6.45) is 6.20. The number of halogens is 1. The zero-order valence-electron chi connectivity index (χ0n) is 18.5. The Morgan fingerprint density at radius 2 is 1.71 bits per heavy atom. The van der Waals surface area contributed by atoms with Gasteiger partial charge in [0.25, 0.3) is 0 Å². The smallest absolute Gasteiger partial charge is 0.308 e. The highest BCUT2D eigenvalue weighted by atomic mass is 35.5. The van der Waals surface area contributed by atoms with Crippen molar-refractivity contribution in [3.8, 4) is 10.6 Å². The van der Waals surface area contributed by atoms with E-state index >= 15 is 0 Å². The molecule has 2 aromatic rings. The predicted molar refractivity (Wildman–Crippen MR) is 128 cm³/mol. The lowest BCUT2D eigenvalue weighted by molar-refractivity contribution is -0.150. The second-order valence-corrected chi connectivity index (χ2v) is 10.2. The lowest BCUT2D eigenvalue weighted by Gasteiger charge is -2.25. The van der Waals surface area contributed by atoms with Gasteiger partial charge in [0.15, 0.2) is 0 Å². The van der Waals surface area contributed by atoms with E-state index in [0.717, 1.165) is 54.4 Å². The molecule has 1 saturated heterocycles. The third-order valence-electron chi connectivity index (χ3n) is 6.38. The van der Waals surface area contributed by atoms with E-state index in [1.807, 2.05) is 0 Å². The Morgan fingerprint density at radius 3 is 2.35 bits per heavy atom. The molecule has 1 saturated carbocycles. The molecule has 0 amide bonds. The topological polar surface area (TPSA) is 64.1 Å². The highest BCUT2D eigenvalue weighted by molar-refractivity contribution is 7.14. The number of esters is 1. The van der Waals surface area contributed by atoms with Gasteiger partial charge < -0.3 is 10.1 Å². The number of carbonyl (C=O) groups excluding carboxylic acids is 1. The average Bonchev–Trinajstić information content (AvgIpc) is 3.28. The molecule has 4 rings (SSSR count). The van der Waals surface area contributed by atoms with Crippen LogP contribution in [0.15, 0.2) is 24.3 Å². The van der Waals surface area contributed by atoms with Crippen molar-refractivity contribution in [2.24, 2.45) is 11.8 Å². The summed E-state index contributed by atoms with van der Waals surface area (Å²) < 4.78 is 5.43. The van der Waals surface area contributed by atoms with Gasteiger partial charge in [-0.3, -0.25) is 4.79 Å². The van der Waals surface area contributed by atoms with E-state index in [9.17, 15) is 4.79 Å². The van der Waals surface area contributed by atoms with Gasteiger partial charge in [-0.25, -0.2) is 0 Å². The second kappa shape index (κ2) is 11.4. The Hall–Kier alpha value is -1.50. The van der Waals surface area contributed by atoms with Crippen LogP contribution in [-0.2, 0) is 9.53 Å². The van der Waals surface area contributed by atoms with E-state index < -0.39 is 0 Å². The number of carbonyl (C=O) groups is 1. The zero-order chi connectivity index (χ0) is 20.9. The van der Waals surface area contributed by atoms with Gasteiger partial charge in [-0.15, -0.1) is 22.6 Å². The number of nitrogens with zero attached hydrogens (tertiary/aromatic N) is 2. The lowest BCUT2D eigenvalue weighted by Crippen LogP contribution is -2.26. The van der Waals surface area contributed by atoms with Crippen molar-refractivity contribution in [1.29, 1.82) is 0 Å². The fraction of sp³-hybridized carbons (Fsp3) is 0.625. The summed E-state index contributed by atoms with van der Waals surface area (Å²) in [5, 5.41) is 14.5. The lowest BCUT2D eigenvalue weighted by atomic mass is 9.82. The number of piperidine rings is 1. The summed E-state index contributed by atoms with van der Waals surface area (Å²) in [4.78, 5) is 12.2. The third kappa shape index (κ3) is 6.27. The molecule has 0 unspecified atom stereocenters. The minimum atomic E-state index is -0.0195. The van der Waals surface area contributed by atoms with E-state index in [4.69, 9.17) is 4.74 Å². The molecule has 7 heteroatoms. The highest BCUT2D eigenvalue weighted by Crippen LogP contribution is 2.39. The number of benzene rings is 1. The molecule has 0 spiro atoms. The van der Waals surface area contributed by atoms with Crippen LogP contribution < -0.4 is 5.32 Å². The fourth-order valence-electron chi connectivity index (χ4n) is 4.51. The van der Waals surface area contributed by atoms with E-state index in [1.54, 1.807) is 11.3 Å². The molecule has 2 heterocycles. The summed E-state index contributed by atoms with van der Waals surface area (Å²) in [6.45, 7) is 6.89. The summed E-state index contributed by atoms with van der Waals surface area (Å²) in [5.74, 6) is 1.51. The molecule has 1 aliphatic carbocycles. The Bertz CT molecular complexity index is 826. The summed E-state index contributed by atoms with van der Waals surface area (Å²) >= 11 is 1.71. The molecule has 2 fully saturated rings. The van der Waals surface area contributed by atoms with Crippen LogP contribution in [0, 0.1) is 11.8 Å². The third-order valence-corrected chi connectivity index (χ3v) is 7.51. The largest absolute Gasteiger partial charge is 0.465 e. The van der Waals surface area contributed by atoms with Gasteiger partial charge in [0.1, 0.15) is 10.0 Å². The van der Waals surface area contributed by atoms with Crippen molar-refractivity contribution in [3.05, 3.63) is 34.8 Å². The molecule has 1 aliphatic heterocycles. The van der Waals surface area contributed by atoms with Gasteiger partial charge >= 0.3 is 5.97 Å². The summed E-state index contributed by atoms with van der Waals surface area (Å²) in [5.41, 5.74) is 2.59. The van der Waals surface area contributed by atoms with Crippen LogP contribution in [0.1, 0.15) is 74.8 Å². The van der Waals surface area contributed by atoms with Crippen molar-refractivity contribution in [2.75, 3.05) is 19.7 Å². The molecule has 0 radical (unpaired) electrons. The van der Waals surface area contributed by atoms with E-state index in [0.29, 0.717) is 24.4 Å². The number of aromatic nitrogens is 2. The number of ether oxygens (including phenoxy) is 1. The molecule has 0 atom stereocenters. The van der Waals surface area contributed by atoms with Crippen molar-refractivity contribution >= 4 is 29.7 Å². The first-order valence-corrected chi connectivity index (χ1v) is 12.2. The zero-order valence-corrected chi connectivity index (χ0v) is 20.1. The van der Waals surface area contributed by atoms with Crippen molar-refractivity contribution in [1.82, 2.24) is 15.5 Å². The average molecular weight is 464 g/mol. The Labute approximate surface area is 195 Å². The van der Waals surface area contributed by atoms with Crippen molar-refractivity contribution in [3.63, 3.8) is 0 Å². The molecule has 170 valence electrons. The predicted octanol–water partition coefficient (Wildman–Crippen LogP) is 5.57. The Balaban J connectivity index is 0.00000272. The monoisotopic (exact) mass is 463 g/mol. The number of hydrogen-bond donors (Lipinski definition) is 1. The molecular weight excluding hydrogens is 430 g/mol. The van der Waals surface area contributed by atoms with Crippen molar-refractivity contribution in [2.45, 2.75) is 64.2 Å². The van der Waals surface area contributed by atoms with Crippen LogP contribution in [0.25, 0.3) is 10.6 Å². The first-order valence-electron chi connectivity index (χ1n) is 11.4. The van der Waals surface area contributed by atoms with Gasteiger partial charge in [0.2, 0.25) is 0 Å².